The number of fused-ring (bicyclic) bond motifs is 1. The van der Waals surface area contributed by atoms with Crippen molar-refractivity contribution in [3.8, 4) is 0 Å². The minimum Gasteiger partial charge on any atom is -0.388 e. The van der Waals surface area contributed by atoms with Gasteiger partial charge in [0.15, 0.2) is 0 Å². The second-order valence-corrected chi connectivity index (χ2v) is 3.90. The number of hydrogen-bond donors (Lipinski definition) is 2. The van der Waals surface area contributed by atoms with Gasteiger partial charge in [-0.05, 0) is 30.9 Å². The molecule has 1 aromatic carbocycles. The summed E-state index contributed by atoms with van der Waals surface area (Å²) in [5.74, 6) is 0. The molecule has 0 aromatic heterocycles. The summed E-state index contributed by atoms with van der Waals surface area (Å²) in [6, 6.07) is 4.18. The van der Waals surface area contributed by atoms with E-state index >= 15 is 0 Å². The molecule has 1 heterocycles. The highest BCUT2D eigenvalue weighted by atomic mass is 16.3. The second kappa shape index (κ2) is 3.62. The van der Waals surface area contributed by atoms with E-state index in [2.05, 4.69) is 31.3 Å². The zero-order valence-corrected chi connectivity index (χ0v) is 8.80. The first-order chi connectivity index (χ1) is 6.74. The number of benzene rings is 1. The van der Waals surface area contributed by atoms with Gasteiger partial charge < -0.3 is 10.4 Å². The summed E-state index contributed by atoms with van der Waals surface area (Å²) >= 11 is 0. The first-order valence-corrected chi connectivity index (χ1v) is 5.28. The van der Waals surface area contributed by atoms with E-state index in [9.17, 15) is 5.11 Å². The number of rotatable bonds is 1. The summed E-state index contributed by atoms with van der Waals surface area (Å²) < 4.78 is 0. The highest BCUT2D eigenvalue weighted by Gasteiger charge is 2.19. The van der Waals surface area contributed by atoms with Crippen LogP contribution in [0.25, 0.3) is 0 Å². The monoisotopic (exact) mass is 191 g/mol. The lowest BCUT2D eigenvalue weighted by atomic mass is 9.93. The van der Waals surface area contributed by atoms with Gasteiger partial charge in [0.05, 0.1) is 6.10 Å². The molecule has 76 valence electrons. The predicted octanol–water partition coefficient (Wildman–Crippen LogP) is 2.41. The van der Waals surface area contributed by atoms with E-state index in [1.165, 1.54) is 11.1 Å². The van der Waals surface area contributed by atoms with Crippen molar-refractivity contribution in [2.45, 2.75) is 32.8 Å². The van der Waals surface area contributed by atoms with Gasteiger partial charge in [-0.25, -0.2) is 0 Å². The van der Waals surface area contributed by atoms with Crippen LogP contribution in [-0.4, -0.2) is 11.7 Å². The van der Waals surface area contributed by atoms with Crippen molar-refractivity contribution in [2.75, 3.05) is 11.9 Å². The van der Waals surface area contributed by atoms with E-state index in [-0.39, 0.29) is 6.10 Å². The third-order valence-corrected chi connectivity index (χ3v) is 3.07. The topological polar surface area (TPSA) is 32.3 Å². The van der Waals surface area contributed by atoms with Gasteiger partial charge >= 0.3 is 0 Å². The number of hydrogen-bond acceptors (Lipinski definition) is 2. The number of anilines is 1. The minimum atomic E-state index is -0.282. The fourth-order valence-corrected chi connectivity index (χ4v) is 2.16. The molecule has 1 aliphatic heterocycles. The maximum absolute atomic E-state index is 9.81. The fourth-order valence-electron chi connectivity index (χ4n) is 2.16. The molecule has 2 heteroatoms. The molecular formula is C12H17NO. The van der Waals surface area contributed by atoms with E-state index < -0.39 is 0 Å². The molecule has 2 nitrogen and oxygen atoms in total. The van der Waals surface area contributed by atoms with E-state index in [1.807, 2.05) is 0 Å². The molecule has 1 atom stereocenters. The van der Waals surface area contributed by atoms with Crippen molar-refractivity contribution >= 4 is 5.69 Å². The number of aryl methyl sites for hydroxylation is 1. The largest absolute Gasteiger partial charge is 0.388 e. The first kappa shape index (κ1) is 9.53. The molecule has 0 bridgehead atoms. The van der Waals surface area contributed by atoms with Crippen LogP contribution in [-0.2, 0) is 6.42 Å². The van der Waals surface area contributed by atoms with Crippen molar-refractivity contribution < 1.29 is 5.11 Å². The Morgan fingerprint density at radius 2 is 2.29 bits per heavy atom. The summed E-state index contributed by atoms with van der Waals surface area (Å²) in [5, 5.41) is 13.2. The Morgan fingerprint density at radius 3 is 3.00 bits per heavy atom. The van der Waals surface area contributed by atoms with Gasteiger partial charge in [0, 0.05) is 17.8 Å². The van der Waals surface area contributed by atoms with Crippen LogP contribution in [0.5, 0.6) is 0 Å². The lowest BCUT2D eigenvalue weighted by Gasteiger charge is -2.25. The molecule has 2 N–H and O–H groups in total. The summed E-state index contributed by atoms with van der Waals surface area (Å²) in [6.07, 6.45) is 1.59. The highest BCUT2D eigenvalue weighted by molar-refractivity contribution is 5.62. The molecule has 0 fully saturated rings. The Hall–Kier alpha value is -1.02. The smallest absolute Gasteiger partial charge is 0.0826 e. The average Bonchev–Trinajstić information content (AvgIpc) is 2.20. The van der Waals surface area contributed by atoms with E-state index in [4.69, 9.17) is 0 Å². The summed E-state index contributed by atoms with van der Waals surface area (Å²) in [5.41, 5.74) is 4.88. The second-order valence-electron chi connectivity index (χ2n) is 3.90. The molecule has 0 saturated heterocycles. The average molecular weight is 191 g/mol. The van der Waals surface area contributed by atoms with Crippen LogP contribution in [0.15, 0.2) is 12.1 Å². The van der Waals surface area contributed by atoms with Gasteiger partial charge in [0.25, 0.3) is 0 Å². The minimum absolute atomic E-state index is 0.282. The van der Waals surface area contributed by atoms with Gasteiger partial charge in [-0.15, -0.1) is 0 Å². The van der Waals surface area contributed by atoms with Gasteiger partial charge in [-0.2, -0.15) is 0 Å². The van der Waals surface area contributed by atoms with Crippen LogP contribution >= 0.6 is 0 Å². The van der Waals surface area contributed by atoms with Crippen molar-refractivity contribution in [3.63, 3.8) is 0 Å². The van der Waals surface area contributed by atoms with Crippen LogP contribution in [0.2, 0.25) is 0 Å². The van der Waals surface area contributed by atoms with Crippen LogP contribution < -0.4 is 5.32 Å². The Kier molecular flexibility index (Phi) is 2.46. The number of aliphatic hydroxyl groups excluding tert-OH is 1. The molecule has 0 saturated carbocycles. The molecule has 0 spiro atoms. The number of nitrogens with one attached hydrogen (secondary N) is 1. The summed E-state index contributed by atoms with van der Waals surface area (Å²) in [7, 11) is 0. The van der Waals surface area contributed by atoms with E-state index in [0.717, 1.165) is 30.6 Å². The number of aliphatic hydroxyl groups is 1. The SMILES string of the molecule is CCc1ccc2c(c1C)NCCC2O. The molecular weight excluding hydrogens is 174 g/mol. The Bertz CT molecular complexity index is 346. The van der Waals surface area contributed by atoms with Gasteiger partial charge in [-0.3, -0.25) is 0 Å². The molecule has 2 rings (SSSR count). The quantitative estimate of drug-likeness (QED) is 0.714. The molecule has 0 aliphatic carbocycles. The van der Waals surface area contributed by atoms with E-state index in [0.29, 0.717) is 0 Å². The normalized spacial score (nSPS) is 20.1. The van der Waals surface area contributed by atoms with Gasteiger partial charge in [-0.1, -0.05) is 19.1 Å². The Labute approximate surface area is 85.0 Å². The zero-order chi connectivity index (χ0) is 10.1. The van der Waals surface area contributed by atoms with Crippen LogP contribution in [0.1, 0.15) is 36.1 Å². The molecule has 14 heavy (non-hydrogen) atoms. The van der Waals surface area contributed by atoms with Crippen LogP contribution in [0, 0.1) is 6.92 Å². The standard InChI is InChI=1S/C12H17NO/c1-3-9-4-5-10-11(14)6-7-13-12(10)8(9)2/h4-5,11,13-14H,3,6-7H2,1-2H3. The summed E-state index contributed by atoms with van der Waals surface area (Å²) in [6.45, 7) is 5.17. The van der Waals surface area contributed by atoms with Crippen LogP contribution in [0.3, 0.4) is 0 Å². The highest BCUT2D eigenvalue weighted by Crippen LogP contribution is 2.33. The Balaban J connectivity index is 2.52. The Morgan fingerprint density at radius 1 is 1.50 bits per heavy atom. The van der Waals surface area contributed by atoms with Crippen molar-refractivity contribution in [1.29, 1.82) is 0 Å². The maximum Gasteiger partial charge on any atom is 0.0826 e. The predicted molar refractivity (Wildman–Crippen MR) is 58.6 cm³/mol. The summed E-state index contributed by atoms with van der Waals surface area (Å²) in [4.78, 5) is 0. The molecule has 0 radical (unpaired) electrons. The van der Waals surface area contributed by atoms with Gasteiger partial charge in [0.2, 0.25) is 0 Å². The van der Waals surface area contributed by atoms with Crippen LogP contribution in [0.4, 0.5) is 5.69 Å². The lowest BCUT2D eigenvalue weighted by Crippen LogP contribution is -2.18. The van der Waals surface area contributed by atoms with E-state index in [1.54, 1.807) is 0 Å². The fraction of sp³-hybridized carbons (Fsp3) is 0.500. The molecule has 1 aliphatic rings. The maximum atomic E-state index is 9.81. The molecule has 1 unspecified atom stereocenters. The zero-order valence-electron chi connectivity index (χ0n) is 8.80. The third-order valence-electron chi connectivity index (χ3n) is 3.07. The van der Waals surface area contributed by atoms with Crippen molar-refractivity contribution in [2.24, 2.45) is 0 Å². The van der Waals surface area contributed by atoms with Gasteiger partial charge in [0.1, 0.15) is 0 Å². The van der Waals surface area contributed by atoms with Crippen molar-refractivity contribution in [1.82, 2.24) is 0 Å². The lowest BCUT2D eigenvalue weighted by molar-refractivity contribution is 0.168. The molecule has 0 amide bonds. The first-order valence-electron chi connectivity index (χ1n) is 5.28. The van der Waals surface area contributed by atoms with Crippen molar-refractivity contribution in [3.05, 3.63) is 28.8 Å². The third kappa shape index (κ3) is 1.40. The molecule has 1 aromatic rings.